The van der Waals surface area contributed by atoms with E-state index >= 15 is 0 Å². The van der Waals surface area contributed by atoms with Crippen LogP contribution in [0, 0.1) is 6.92 Å². The van der Waals surface area contributed by atoms with Crippen LogP contribution in [-0.4, -0.2) is 26.8 Å². The summed E-state index contributed by atoms with van der Waals surface area (Å²) in [5.74, 6) is 0.901. The highest BCUT2D eigenvalue weighted by atomic mass is 15.6. The topological polar surface area (TPSA) is 46.8 Å². The molecule has 0 unspecified atom stereocenters. The second kappa shape index (κ2) is 3.30. The van der Waals surface area contributed by atoms with Crippen LogP contribution in [0.25, 0.3) is 5.69 Å². The predicted octanol–water partition coefficient (Wildman–Crippen LogP) is 1.31. The summed E-state index contributed by atoms with van der Waals surface area (Å²) >= 11 is 0. The van der Waals surface area contributed by atoms with E-state index in [0.717, 1.165) is 24.6 Å². The molecule has 0 bridgehead atoms. The smallest absolute Gasteiger partial charge is 0.176 e. The van der Waals surface area contributed by atoms with Crippen molar-refractivity contribution in [1.82, 2.24) is 20.2 Å². The van der Waals surface area contributed by atoms with Crippen molar-refractivity contribution in [2.24, 2.45) is 0 Å². The molecule has 0 aliphatic carbocycles. The molecule has 1 aromatic carbocycles. The van der Waals surface area contributed by atoms with Gasteiger partial charge in [0.05, 0.1) is 17.9 Å². The van der Waals surface area contributed by atoms with Gasteiger partial charge in [-0.2, -0.15) is 4.68 Å². The van der Waals surface area contributed by atoms with Gasteiger partial charge in [-0.15, -0.1) is 5.10 Å². The molecule has 3 rings (SSSR count). The standard InChI is InChI=1S/C11H13N5/c1-3-15-7-11-12-13-14-16(11)9-5-4-8(2)6-10(9)15/h4-6H,3,7H2,1-2H3. The summed E-state index contributed by atoms with van der Waals surface area (Å²) in [6.07, 6.45) is 0. The first kappa shape index (κ1) is 9.33. The number of anilines is 1. The molecule has 16 heavy (non-hydrogen) atoms. The highest BCUT2D eigenvalue weighted by molar-refractivity contribution is 5.65. The van der Waals surface area contributed by atoms with E-state index in [4.69, 9.17) is 0 Å². The van der Waals surface area contributed by atoms with E-state index in [9.17, 15) is 0 Å². The predicted molar refractivity (Wildman–Crippen MR) is 60.6 cm³/mol. The van der Waals surface area contributed by atoms with Crippen LogP contribution >= 0.6 is 0 Å². The summed E-state index contributed by atoms with van der Waals surface area (Å²) in [7, 11) is 0. The van der Waals surface area contributed by atoms with Crippen LogP contribution in [0.1, 0.15) is 18.3 Å². The fourth-order valence-corrected chi connectivity index (χ4v) is 2.10. The SMILES string of the molecule is CCN1Cc2nnnn2-c2ccc(C)cc21. The van der Waals surface area contributed by atoms with Crippen LogP contribution < -0.4 is 4.90 Å². The largest absolute Gasteiger partial charge is 0.362 e. The second-order valence-electron chi connectivity index (χ2n) is 4.01. The Morgan fingerprint density at radius 2 is 2.19 bits per heavy atom. The maximum atomic E-state index is 4.04. The average molecular weight is 215 g/mol. The van der Waals surface area contributed by atoms with Crippen molar-refractivity contribution < 1.29 is 0 Å². The van der Waals surface area contributed by atoms with Crippen molar-refractivity contribution in [3.8, 4) is 5.69 Å². The fraction of sp³-hybridized carbons (Fsp3) is 0.364. The van der Waals surface area contributed by atoms with Crippen molar-refractivity contribution in [2.75, 3.05) is 11.4 Å². The molecule has 2 aromatic rings. The number of aryl methyl sites for hydroxylation is 1. The van der Waals surface area contributed by atoms with Gasteiger partial charge in [0.15, 0.2) is 5.82 Å². The molecule has 0 N–H and O–H groups in total. The number of hydrogen-bond donors (Lipinski definition) is 0. The lowest BCUT2D eigenvalue weighted by Crippen LogP contribution is -2.29. The molecule has 5 nitrogen and oxygen atoms in total. The van der Waals surface area contributed by atoms with Crippen LogP contribution in [0.15, 0.2) is 18.2 Å². The van der Waals surface area contributed by atoms with Crippen molar-refractivity contribution in [2.45, 2.75) is 20.4 Å². The summed E-state index contributed by atoms with van der Waals surface area (Å²) in [5.41, 5.74) is 3.54. The fourth-order valence-electron chi connectivity index (χ4n) is 2.10. The van der Waals surface area contributed by atoms with E-state index in [1.165, 1.54) is 11.3 Å². The zero-order valence-corrected chi connectivity index (χ0v) is 9.38. The molecule has 5 heteroatoms. The first-order chi connectivity index (χ1) is 7.79. The highest BCUT2D eigenvalue weighted by Crippen LogP contribution is 2.30. The monoisotopic (exact) mass is 215 g/mol. The van der Waals surface area contributed by atoms with E-state index in [2.05, 4.69) is 52.5 Å². The molecule has 0 radical (unpaired) electrons. The quantitative estimate of drug-likeness (QED) is 0.719. The van der Waals surface area contributed by atoms with Crippen LogP contribution in [0.3, 0.4) is 0 Å². The van der Waals surface area contributed by atoms with Crippen LogP contribution in [0.2, 0.25) is 0 Å². The third-order valence-electron chi connectivity index (χ3n) is 2.95. The summed E-state index contributed by atoms with van der Waals surface area (Å²) in [6.45, 7) is 5.98. The molecule has 0 saturated carbocycles. The number of benzene rings is 1. The summed E-state index contributed by atoms with van der Waals surface area (Å²) in [6, 6.07) is 6.35. The molecule has 0 amide bonds. The van der Waals surface area contributed by atoms with Crippen molar-refractivity contribution in [3.05, 3.63) is 29.6 Å². The number of aromatic nitrogens is 4. The van der Waals surface area contributed by atoms with Gasteiger partial charge in [-0.1, -0.05) is 6.07 Å². The van der Waals surface area contributed by atoms with Gasteiger partial charge in [-0.25, -0.2) is 0 Å². The Labute approximate surface area is 93.7 Å². The third kappa shape index (κ3) is 1.21. The van der Waals surface area contributed by atoms with Crippen LogP contribution in [0.5, 0.6) is 0 Å². The van der Waals surface area contributed by atoms with Gasteiger partial charge in [0.25, 0.3) is 0 Å². The summed E-state index contributed by atoms with van der Waals surface area (Å²) < 4.78 is 1.82. The van der Waals surface area contributed by atoms with Gasteiger partial charge in [-0.3, -0.25) is 0 Å². The Hall–Kier alpha value is -1.91. The maximum Gasteiger partial charge on any atom is 0.176 e. The molecule has 0 spiro atoms. The minimum Gasteiger partial charge on any atom is -0.362 e. The number of fused-ring (bicyclic) bond motifs is 3. The van der Waals surface area contributed by atoms with Gasteiger partial charge in [-0.05, 0) is 42.0 Å². The second-order valence-corrected chi connectivity index (χ2v) is 4.01. The van der Waals surface area contributed by atoms with Gasteiger partial charge in [0, 0.05) is 6.54 Å². The lowest BCUT2D eigenvalue weighted by Gasteiger charge is -2.29. The molecule has 0 fully saturated rings. The molecular formula is C11H13N5. The third-order valence-corrected chi connectivity index (χ3v) is 2.95. The summed E-state index contributed by atoms with van der Waals surface area (Å²) in [4.78, 5) is 2.29. The number of rotatable bonds is 1. The van der Waals surface area contributed by atoms with E-state index < -0.39 is 0 Å². The number of hydrogen-bond acceptors (Lipinski definition) is 4. The minimum atomic E-state index is 0.778. The Balaban J connectivity index is 2.24. The maximum absolute atomic E-state index is 4.04. The van der Waals surface area contributed by atoms with Gasteiger partial charge < -0.3 is 4.90 Å². The van der Waals surface area contributed by atoms with E-state index in [-0.39, 0.29) is 0 Å². The van der Waals surface area contributed by atoms with E-state index in [1.807, 2.05) is 4.68 Å². The van der Waals surface area contributed by atoms with E-state index in [0.29, 0.717) is 0 Å². The van der Waals surface area contributed by atoms with Crippen molar-refractivity contribution in [3.63, 3.8) is 0 Å². The summed E-state index contributed by atoms with van der Waals surface area (Å²) in [5, 5.41) is 11.8. The molecule has 0 saturated heterocycles. The Kier molecular flexibility index (Phi) is 1.92. The van der Waals surface area contributed by atoms with E-state index in [1.54, 1.807) is 0 Å². The minimum absolute atomic E-state index is 0.778. The molecule has 2 heterocycles. The Morgan fingerprint density at radius 3 is 3.00 bits per heavy atom. The molecule has 82 valence electrons. The molecule has 0 atom stereocenters. The highest BCUT2D eigenvalue weighted by Gasteiger charge is 2.22. The van der Waals surface area contributed by atoms with Gasteiger partial charge in [0.2, 0.25) is 0 Å². The Morgan fingerprint density at radius 1 is 1.31 bits per heavy atom. The van der Waals surface area contributed by atoms with Crippen molar-refractivity contribution in [1.29, 1.82) is 0 Å². The van der Waals surface area contributed by atoms with Crippen molar-refractivity contribution >= 4 is 5.69 Å². The van der Waals surface area contributed by atoms with Crippen LogP contribution in [0.4, 0.5) is 5.69 Å². The average Bonchev–Trinajstić information content (AvgIpc) is 2.75. The first-order valence-electron chi connectivity index (χ1n) is 5.43. The first-order valence-corrected chi connectivity index (χ1v) is 5.43. The zero-order valence-electron chi connectivity index (χ0n) is 9.38. The van der Waals surface area contributed by atoms with Gasteiger partial charge >= 0.3 is 0 Å². The molecular weight excluding hydrogens is 202 g/mol. The van der Waals surface area contributed by atoms with Crippen LogP contribution in [-0.2, 0) is 6.54 Å². The zero-order chi connectivity index (χ0) is 11.1. The normalized spacial score (nSPS) is 13.5. The molecule has 1 aliphatic heterocycles. The van der Waals surface area contributed by atoms with Gasteiger partial charge in [0.1, 0.15) is 0 Å². The molecule has 1 aliphatic rings. The Bertz CT molecular complexity index is 531. The number of nitrogens with zero attached hydrogens (tertiary/aromatic N) is 5. The lowest BCUT2D eigenvalue weighted by atomic mass is 10.1. The molecule has 1 aromatic heterocycles. The number of tetrazole rings is 1. The lowest BCUT2D eigenvalue weighted by molar-refractivity contribution is 0.690.